The summed E-state index contributed by atoms with van der Waals surface area (Å²) in [5, 5.41) is 2.88. The molecule has 2 aliphatic rings. The molecule has 1 saturated heterocycles. The molecule has 1 aliphatic carbocycles. The Bertz CT molecular complexity index is 986. The van der Waals surface area contributed by atoms with E-state index in [4.69, 9.17) is 0 Å². The highest BCUT2D eigenvalue weighted by atomic mass is 19.3. The molecule has 31 heavy (non-hydrogen) atoms. The number of halogens is 4. The Morgan fingerprint density at radius 3 is 2.68 bits per heavy atom. The number of aromatic nitrogens is 1. The fraction of sp³-hybridized carbons (Fsp3) is 0.455. The molecule has 1 N–H and O–H groups in total. The zero-order chi connectivity index (χ0) is 22.2. The van der Waals surface area contributed by atoms with Gasteiger partial charge in [-0.3, -0.25) is 9.78 Å². The van der Waals surface area contributed by atoms with Gasteiger partial charge >= 0.3 is 6.61 Å². The summed E-state index contributed by atoms with van der Waals surface area (Å²) in [7, 11) is 0. The minimum atomic E-state index is -3.33. The van der Waals surface area contributed by atoms with Crippen molar-refractivity contribution in [3.8, 4) is 5.75 Å². The van der Waals surface area contributed by atoms with E-state index in [1.165, 1.54) is 6.07 Å². The van der Waals surface area contributed by atoms with Crippen LogP contribution in [0.4, 0.5) is 28.9 Å². The van der Waals surface area contributed by atoms with E-state index in [-0.39, 0.29) is 18.4 Å². The Balaban J connectivity index is 0.00000289. The van der Waals surface area contributed by atoms with Crippen LogP contribution in [0, 0.1) is 24.0 Å². The number of nitrogens with one attached hydrogen (secondary N) is 1. The van der Waals surface area contributed by atoms with E-state index in [0.717, 1.165) is 37.4 Å². The molecule has 1 unspecified atom stereocenters. The summed E-state index contributed by atoms with van der Waals surface area (Å²) in [6.07, 6.45) is 5.71. The maximum absolute atomic E-state index is 14.4. The Morgan fingerprint density at radius 1 is 1.26 bits per heavy atom. The monoisotopic (exact) mass is 439 g/mol. The summed E-state index contributed by atoms with van der Waals surface area (Å²) < 4.78 is 58.4. The summed E-state index contributed by atoms with van der Waals surface area (Å²) in [5.41, 5.74) is 0.879. The second-order valence-corrected chi connectivity index (χ2v) is 8.18. The molecule has 1 amide bonds. The number of amides is 1. The second kappa shape index (κ2) is 8.36. The molecule has 4 rings (SSSR count). The topological polar surface area (TPSA) is 54.5 Å². The number of alkyl halides is 2. The van der Waals surface area contributed by atoms with Crippen molar-refractivity contribution in [2.24, 2.45) is 5.41 Å². The number of hydrogen-bond donors (Lipinski definition) is 1. The third-order valence-corrected chi connectivity index (χ3v) is 6.30. The van der Waals surface area contributed by atoms with E-state index in [9.17, 15) is 22.4 Å². The van der Waals surface area contributed by atoms with Crippen LogP contribution in [0.15, 0.2) is 30.5 Å². The highest BCUT2D eigenvalue weighted by Gasteiger charge is 2.53. The normalized spacial score (nSPS) is 19.9. The van der Waals surface area contributed by atoms with Gasteiger partial charge in [-0.15, -0.1) is 0 Å². The number of anilines is 2. The fourth-order valence-corrected chi connectivity index (χ4v) is 5.00. The third-order valence-electron chi connectivity index (χ3n) is 6.30. The van der Waals surface area contributed by atoms with Gasteiger partial charge in [0.25, 0.3) is 0 Å². The molecule has 2 fully saturated rings. The van der Waals surface area contributed by atoms with E-state index in [0.29, 0.717) is 18.7 Å². The van der Waals surface area contributed by atoms with Crippen molar-refractivity contribution in [1.82, 2.24) is 4.98 Å². The van der Waals surface area contributed by atoms with Gasteiger partial charge in [0.15, 0.2) is 11.6 Å². The first kappa shape index (κ1) is 21.4. The average molecular weight is 439 g/mol. The number of pyridine rings is 1. The van der Waals surface area contributed by atoms with Crippen LogP contribution in [0.1, 0.15) is 39.2 Å². The lowest BCUT2D eigenvalue weighted by molar-refractivity contribution is -0.119. The first-order valence-corrected chi connectivity index (χ1v) is 10.2. The van der Waals surface area contributed by atoms with Gasteiger partial charge in [0, 0.05) is 31.0 Å². The highest BCUT2D eigenvalue weighted by Crippen LogP contribution is 2.52. The van der Waals surface area contributed by atoms with E-state index in [1.807, 2.05) is 0 Å². The summed E-state index contributed by atoms with van der Waals surface area (Å²) in [4.78, 5) is 19.1. The summed E-state index contributed by atoms with van der Waals surface area (Å²) in [6, 6.07) is 4.72. The van der Waals surface area contributed by atoms with Crippen molar-refractivity contribution < 1.29 is 28.5 Å². The Kier molecular flexibility index (Phi) is 5.77. The van der Waals surface area contributed by atoms with E-state index in [1.54, 1.807) is 30.2 Å². The molecule has 1 aromatic carbocycles. The number of aryl methyl sites for hydroxylation is 1. The molecule has 1 saturated carbocycles. The van der Waals surface area contributed by atoms with Gasteiger partial charge in [-0.1, -0.05) is 12.8 Å². The number of benzene rings is 1. The number of rotatable bonds is 5. The average Bonchev–Trinajstić information content (AvgIpc) is 3.33. The molecule has 0 radical (unpaired) electrons. The van der Waals surface area contributed by atoms with Crippen molar-refractivity contribution in [2.45, 2.75) is 51.7 Å². The Morgan fingerprint density at radius 2 is 2.00 bits per heavy atom. The van der Waals surface area contributed by atoms with Crippen LogP contribution in [-0.4, -0.2) is 30.1 Å². The van der Waals surface area contributed by atoms with Gasteiger partial charge in [-0.25, -0.2) is 4.39 Å². The van der Waals surface area contributed by atoms with Crippen molar-refractivity contribution in [2.75, 3.05) is 16.8 Å². The molecule has 1 aliphatic heterocycles. The van der Waals surface area contributed by atoms with E-state index in [2.05, 4.69) is 15.0 Å². The van der Waals surface area contributed by atoms with Crippen LogP contribution < -0.4 is 15.0 Å². The molecule has 9 heteroatoms. The number of hydrogen-bond acceptors (Lipinski definition) is 4. The molecule has 1 aromatic heterocycles. The number of carbonyl (C=O) groups is 1. The minimum absolute atomic E-state index is 0. The maximum atomic E-state index is 14.4. The standard InChI is InChI=1S/C22H23F4N3O2.H2/c1-13-12-14(6-10-27-13)28-20(30)19-22(7-2-3-8-22)9-11-29(19)16-5-4-15(23)17(24)18(16)31-21(25)26;/h4-6,10,12,19,21H,2-3,7-9,11H2,1H3,(H,27,28,30);1H. The van der Waals surface area contributed by atoms with Crippen LogP contribution >= 0.6 is 0 Å². The van der Waals surface area contributed by atoms with E-state index >= 15 is 0 Å². The molecule has 5 nitrogen and oxygen atoms in total. The van der Waals surface area contributed by atoms with Crippen molar-refractivity contribution in [3.63, 3.8) is 0 Å². The molecular formula is C22H25F4N3O2. The van der Waals surface area contributed by atoms with Crippen molar-refractivity contribution >= 4 is 17.3 Å². The van der Waals surface area contributed by atoms with Crippen LogP contribution in [0.25, 0.3) is 0 Å². The molecule has 2 aromatic rings. The molecular weight excluding hydrogens is 414 g/mol. The van der Waals surface area contributed by atoms with Crippen LogP contribution in [0.2, 0.25) is 0 Å². The first-order valence-electron chi connectivity index (χ1n) is 10.2. The summed E-state index contributed by atoms with van der Waals surface area (Å²) >= 11 is 0. The lowest BCUT2D eigenvalue weighted by atomic mass is 9.78. The Labute approximate surface area is 178 Å². The zero-order valence-electron chi connectivity index (χ0n) is 17.0. The van der Waals surface area contributed by atoms with Gasteiger partial charge in [0.2, 0.25) is 11.7 Å². The Hall–Kier alpha value is -2.84. The van der Waals surface area contributed by atoms with Gasteiger partial charge in [0.1, 0.15) is 6.04 Å². The van der Waals surface area contributed by atoms with Crippen molar-refractivity contribution in [3.05, 3.63) is 47.8 Å². The van der Waals surface area contributed by atoms with Gasteiger partial charge in [0.05, 0.1) is 5.69 Å². The number of carbonyl (C=O) groups excluding carboxylic acids is 1. The minimum Gasteiger partial charge on any atom is -0.429 e. The number of nitrogens with zero attached hydrogens (tertiary/aromatic N) is 2. The fourth-order valence-electron chi connectivity index (χ4n) is 5.00. The number of ether oxygens (including phenoxy) is 1. The quantitative estimate of drug-likeness (QED) is 0.643. The molecule has 168 valence electrons. The second-order valence-electron chi connectivity index (χ2n) is 8.18. The smallest absolute Gasteiger partial charge is 0.387 e. The highest BCUT2D eigenvalue weighted by molar-refractivity contribution is 5.98. The predicted molar refractivity (Wildman–Crippen MR) is 109 cm³/mol. The van der Waals surface area contributed by atoms with Crippen LogP contribution in [0.5, 0.6) is 5.75 Å². The van der Waals surface area contributed by atoms with Gasteiger partial charge < -0.3 is 15.0 Å². The third kappa shape index (κ3) is 4.05. The predicted octanol–water partition coefficient (Wildman–Crippen LogP) is 5.29. The maximum Gasteiger partial charge on any atom is 0.387 e. The van der Waals surface area contributed by atoms with E-state index < -0.39 is 30.0 Å². The first-order chi connectivity index (χ1) is 14.8. The van der Waals surface area contributed by atoms with Gasteiger partial charge in [-0.2, -0.15) is 13.2 Å². The molecule has 1 atom stereocenters. The van der Waals surface area contributed by atoms with Crippen molar-refractivity contribution in [1.29, 1.82) is 0 Å². The molecule has 1 spiro atoms. The van der Waals surface area contributed by atoms with Crippen LogP contribution in [-0.2, 0) is 4.79 Å². The lowest BCUT2D eigenvalue weighted by Crippen LogP contribution is -2.48. The summed E-state index contributed by atoms with van der Waals surface area (Å²) in [5.74, 6) is -3.98. The molecule has 0 bridgehead atoms. The summed E-state index contributed by atoms with van der Waals surface area (Å²) in [6.45, 7) is -1.19. The lowest BCUT2D eigenvalue weighted by Gasteiger charge is -2.35. The largest absolute Gasteiger partial charge is 0.429 e. The SMILES string of the molecule is Cc1cc(NC(=O)C2N(c3ccc(F)c(F)c3OC(F)F)CCC23CCCC3)ccn1.[HH]. The zero-order valence-corrected chi connectivity index (χ0v) is 17.0. The van der Waals surface area contributed by atoms with Gasteiger partial charge in [-0.05, 0) is 50.5 Å². The van der Waals surface area contributed by atoms with Crippen LogP contribution in [0.3, 0.4) is 0 Å². The molecule has 2 heterocycles.